The summed E-state index contributed by atoms with van der Waals surface area (Å²) in [6.45, 7) is 3.71. The lowest BCUT2D eigenvalue weighted by molar-refractivity contribution is 0.101. The lowest BCUT2D eigenvalue weighted by Crippen LogP contribution is -2.27. The Bertz CT molecular complexity index is 1230. The smallest absolute Gasteiger partial charge is 0.291 e. The normalized spacial score (nSPS) is 17.2. The van der Waals surface area contributed by atoms with Crippen LogP contribution in [0.2, 0.25) is 5.02 Å². The third-order valence-electron chi connectivity index (χ3n) is 6.75. The van der Waals surface area contributed by atoms with Gasteiger partial charge in [0, 0.05) is 37.8 Å². The van der Waals surface area contributed by atoms with E-state index in [2.05, 4.69) is 22.2 Å². The van der Waals surface area contributed by atoms with E-state index < -0.39 is 5.60 Å². The number of amides is 1. The summed E-state index contributed by atoms with van der Waals surface area (Å²) < 4.78 is 1.89. The molecule has 6 nitrogen and oxygen atoms in total. The van der Waals surface area contributed by atoms with Gasteiger partial charge < -0.3 is 19.9 Å². The van der Waals surface area contributed by atoms with Crippen LogP contribution in [0.4, 0.5) is 5.69 Å². The summed E-state index contributed by atoms with van der Waals surface area (Å²) in [6.07, 6.45) is 2.44. The van der Waals surface area contributed by atoms with Crippen molar-refractivity contribution in [2.45, 2.75) is 38.3 Å². The van der Waals surface area contributed by atoms with E-state index in [4.69, 9.17) is 11.6 Å². The van der Waals surface area contributed by atoms with Crippen LogP contribution in [-0.2, 0) is 25.6 Å². The molecule has 0 bridgehead atoms. The summed E-state index contributed by atoms with van der Waals surface area (Å²) in [6, 6.07) is 11.6. The average Bonchev–Trinajstić information content (AvgIpc) is 3.43. The van der Waals surface area contributed by atoms with Crippen LogP contribution in [0.1, 0.15) is 46.0 Å². The number of nitrogens with zero attached hydrogens (tertiary/aromatic N) is 3. The van der Waals surface area contributed by atoms with Crippen molar-refractivity contribution in [3.63, 3.8) is 0 Å². The van der Waals surface area contributed by atoms with Crippen molar-refractivity contribution < 1.29 is 9.90 Å². The molecule has 0 radical (unpaired) electrons. The molecule has 3 aromatic rings. The van der Waals surface area contributed by atoms with Crippen LogP contribution in [0.25, 0.3) is 11.1 Å². The SMILES string of the molecule is Cc1c(-c2cccc(NC(=O)c3nc4c(n3C)CCN(C)C4)c2Cl)cccc1C1(O)CC1. The molecule has 2 aliphatic rings. The number of anilines is 1. The molecule has 1 fully saturated rings. The number of benzene rings is 2. The molecule has 2 aromatic carbocycles. The lowest BCUT2D eigenvalue weighted by Gasteiger charge is -2.21. The highest BCUT2D eigenvalue weighted by Crippen LogP contribution is 2.48. The quantitative estimate of drug-likeness (QED) is 0.622. The van der Waals surface area contributed by atoms with Gasteiger partial charge in [-0.05, 0) is 49.6 Å². The highest BCUT2D eigenvalue weighted by atomic mass is 35.5. The number of carbonyl (C=O) groups excluding carboxylic acids is 1. The van der Waals surface area contributed by atoms with Gasteiger partial charge in [0.1, 0.15) is 0 Å². The second-order valence-corrected chi connectivity index (χ2v) is 9.38. The molecule has 7 heteroatoms. The van der Waals surface area contributed by atoms with E-state index in [-0.39, 0.29) is 5.91 Å². The molecule has 0 saturated heterocycles. The summed E-state index contributed by atoms with van der Waals surface area (Å²) in [4.78, 5) is 19.9. The Balaban J connectivity index is 1.46. The molecule has 2 N–H and O–H groups in total. The molecule has 1 saturated carbocycles. The zero-order valence-electron chi connectivity index (χ0n) is 18.6. The number of hydrogen-bond acceptors (Lipinski definition) is 4. The number of likely N-dealkylation sites (N-methyl/N-ethyl adjacent to an activating group) is 1. The minimum atomic E-state index is -0.718. The number of aromatic nitrogens is 2. The van der Waals surface area contributed by atoms with E-state index >= 15 is 0 Å². The van der Waals surface area contributed by atoms with Gasteiger partial charge in [-0.25, -0.2) is 4.98 Å². The summed E-state index contributed by atoms with van der Waals surface area (Å²) in [5.41, 5.74) is 5.64. The van der Waals surface area contributed by atoms with Gasteiger partial charge >= 0.3 is 0 Å². The van der Waals surface area contributed by atoms with Gasteiger partial charge in [-0.3, -0.25) is 4.79 Å². The van der Waals surface area contributed by atoms with Crippen molar-refractivity contribution in [2.24, 2.45) is 7.05 Å². The number of hydrogen-bond donors (Lipinski definition) is 2. The molecule has 1 aromatic heterocycles. The second kappa shape index (κ2) is 7.73. The molecular formula is C25H27ClN4O2. The molecule has 0 atom stereocenters. The van der Waals surface area contributed by atoms with Gasteiger partial charge in [-0.15, -0.1) is 0 Å². The Morgan fingerprint density at radius 3 is 2.62 bits per heavy atom. The molecule has 0 unspecified atom stereocenters. The predicted molar refractivity (Wildman–Crippen MR) is 126 cm³/mol. The molecule has 2 heterocycles. The molecular weight excluding hydrogens is 424 g/mol. The van der Waals surface area contributed by atoms with Gasteiger partial charge in [0.2, 0.25) is 0 Å². The first-order chi connectivity index (χ1) is 15.3. The maximum Gasteiger partial charge on any atom is 0.291 e. The number of halogens is 1. The number of nitrogens with one attached hydrogen (secondary N) is 1. The molecule has 1 aliphatic carbocycles. The largest absolute Gasteiger partial charge is 0.385 e. The molecule has 1 amide bonds. The first-order valence-electron chi connectivity index (χ1n) is 10.9. The zero-order chi connectivity index (χ0) is 22.6. The van der Waals surface area contributed by atoms with Crippen molar-refractivity contribution in [2.75, 3.05) is 18.9 Å². The molecule has 5 rings (SSSR count). The van der Waals surface area contributed by atoms with Gasteiger partial charge in [-0.2, -0.15) is 0 Å². The third kappa shape index (κ3) is 3.52. The molecule has 1 aliphatic heterocycles. The summed E-state index contributed by atoms with van der Waals surface area (Å²) in [5, 5.41) is 14.1. The topological polar surface area (TPSA) is 70.4 Å². The van der Waals surface area contributed by atoms with Crippen molar-refractivity contribution >= 4 is 23.2 Å². The number of fused-ring (bicyclic) bond motifs is 1. The number of imidazole rings is 1. The number of rotatable bonds is 4. The van der Waals surface area contributed by atoms with E-state index in [0.29, 0.717) is 16.5 Å². The summed E-state index contributed by atoms with van der Waals surface area (Å²) >= 11 is 6.78. The second-order valence-electron chi connectivity index (χ2n) is 9.01. The predicted octanol–water partition coefficient (Wildman–Crippen LogP) is 4.27. The lowest BCUT2D eigenvalue weighted by atomic mass is 9.92. The number of carbonyl (C=O) groups is 1. The Morgan fingerprint density at radius 1 is 1.16 bits per heavy atom. The van der Waals surface area contributed by atoms with Crippen LogP contribution in [0.3, 0.4) is 0 Å². The van der Waals surface area contributed by atoms with Crippen LogP contribution in [-0.4, -0.2) is 39.1 Å². The van der Waals surface area contributed by atoms with Crippen LogP contribution in [0.5, 0.6) is 0 Å². The van der Waals surface area contributed by atoms with E-state index in [9.17, 15) is 9.90 Å². The van der Waals surface area contributed by atoms with Gasteiger partial charge in [0.25, 0.3) is 5.91 Å². The molecule has 166 valence electrons. The van der Waals surface area contributed by atoms with Crippen LogP contribution in [0.15, 0.2) is 36.4 Å². The summed E-state index contributed by atoms with van der Waals surface area (Å²) in [5.74, 6) is 0.113. The van der Waals surface area contributed by atoms with E-state index in [1.807, 2.05) is 48.9 Å². The van der Waals surface area contributed by atoms with E-state index in [1.165, 1.54) is 0 Å². The van der Waals surface area contributed by atoms with Crippen molar-refractivity contribution in [1.82, 2.24) is 14.5 Å². The fraction of sp³-hybridized carbons (Fsp3) is 0.360. The van der Waals surface area contributed by atoms with Crippen molar-refractivity contribution in [3.8, 4) is 11.1 Å². The highest BCUT2D eigenvalue weighted by Gasteiger charge is 2.43. The average molecular weight is 451 g/mol. The van der Waals surface area contributed by atoms with Crippen molar-refractivity contribution in [1.29, 1.82) is 0 Å². The highest BCUT2D eigenvalue weighted by molar-refractivity contribution is 6.36. The number of aliphatic hydroxyl groups is 1. The fourth-order valence-corrected chi connectivity index (χ4v) is 4.97. The maximum atomic E-state index is 13.1. The van der Waals surface area contributed by atoms with Crippen LogP contribution >= 0.6 is 11.6 Å². The van der Waals surface area contributed by atoms with Gasteiger partial charge in [0.05, 0.1) is 22.0 Å². The molecule has 32 heavy (non-hydrogen) atoms. The minimum absolute atomic E-state index is 0.277. The third-order valence-corrected chi connectivity index (χ3v) is 7.15. The van der Waals surface area contributed by atoms with Crippen LogP contribution in [0, 0.1) is 6.92 Å². The maximum absolute atomic E-state index is 13.1. The first-order valence-corrected chi connectivity index (χ1v) is 11.3. The van der Waals surface area contributed by atoms with E-state index in [1.54, 1.807) is 6.07 Å². The Labute approximate surface area is 192 Å². The van der Waals surface area contributed by atoms with Gasteiger partial charge in [-0.1, -0.05) is 41.9 Å². The Hall–Kier alpha value is -2.67. The molecule has 0 spiro atoms. The standard InChI is InChI=1S/C25H27ClN4O2/c1-15-16(6-4-8-18(15)25(32)11-12-25)17-7-5-9-19(22(17)26)28-24(31)23-27-20-14-29(2)13-10-21(20)30(23)3/h4-9,32H,10-14H2,1-3H3,(H,28,31). The summed E-state index contributed by atoms with van der Waals surface area (Å²) in [7, 11) is 3.95. The monoisotopic (exact) mass is 450 g/mol. The van der Waals surface area contributed by atoms with Gasteiger partial charge in [0.15, 0.2) is 5.82 Å². The van der Waals surface area contributed by atoms with Crippen LogP contribution < -0.4 is 5.32 Å². The zero-order valence-corrected chi connectivity index (χ0v) is 19.3. The fourth-order valence-electron chi connectivity index (χ4n) is 4.70. The van der Waals surface area contributed by atoms with E-state index in [0.717, 1.165) is 66.0 Å². The first kappa shape index (κ1) is 21.2. The Morgan fingerprint density at radius 2 is 1.88 bits per heavy atom. The van der Waals surface area contributed by atoms with Crippen molar-refractivity contribution in [3.05, 3.63) is 69.8 Å². The Kier molecular flexibility index (Phi) is 5.12. The minimum Gasteiger partial charge on any atom is -0.385 e.